The maximum atomic E-state index is 11.8. The number of likely N-dealkylation sites (N-methyl/N-ethyl adjacent to an activating group) is 1. The van der Waals surface area contributed by atoms with Crippen LogP contribution in [0.4, 0.5) is 0 Å². The molecule has 0 amide bonds. The van der Waals surface area contributed by atoms with Gasteiger partial charge in [0.05, 0.1) is 27.6 Å². The number of carboxylic acids is 2. The average molecular weight is 298 g/mol. The molecule has 0 aromatic carbocycles. The van der Waals surface area contributed by atoms with Crippen molar-refractivity contribution in [2.75, 3.05) is 27.7 Å². The van der Waals surface area contributed by atoms with Gasteiger partial charge in [0.2, 0.25) is 0 Å². The number of carboxylic acid groups (broad SMARTS) is 2. The lowest BCUT2D eigenvalue weighted by Crippen LogP contribution is -2.56. The van der Waals surface area contributed by atoms with Crippen LogP contribution in [0.3, 0.4) is 0 Å². The molecule has 2 N–H and O–H groups in total. The van der Waals surface area contributed by atoms with Gasteiger partial charge in [-0.2, -0.15) is 0 Å². The quantitative estimate of drug-likeness (QED) is 0.523. The molecule has 1 unspecified atom stereocenters. The smallest absolute Gasteiger partial charge is 0.303 e. The number of ketones is 1. The summed E-state index contributed by atoms with van der Waals surface area (Å²) in [6, 6.07) is 0. The first kappa shape index (κ1) is 20.1. The zero-order chi connectivity index (χ0) is 14.6. The van der Waals surface area contributed by atoms with Crippen LogP contribution in [0.1, 0.15) is 19.3 Å². The molecule has 0 saturated carbocycles. The average Bonchev–Trinajstić information content (AvgIpc) is 2.09. The molecule has 0 bridgehead atoms. The predicted molar refractivity (Wildman–Crippen MR) is 66.6 cm³/mol. The van der Waals surface area contributed by atoms with Crippen LogP contribution in [0.25, 0.3) is 0 Å². The minimum absolute atomic E-state index is 0. The van der Waals surface area contributed by atoms with Crippen LogP contribution < -0.4 is 5.11 Å². The van der Waals surface area contributed by atoms with E-state index >= 15 is 0 Å². The van der Waals surface area contributed by atoms with E-state index in [9.17, 15) is 24.6 Å². The Balaban J connectivity index is 0. The van der Waals surface area contributed by atoms with Crippen molar-refractivity contribution in [1.82, 2.24) is 0 Å². The Morgan fingerprint density at radius 2 is 1.63 bits per heavy atom. The van der Waals surface area contributed by atoms with Gasteiger partial charge in [0.25, 0.3) is 0 Å². The summed E-state index contributed by atoms with van der Waals surface area (Å²) in [4.78, 5) is 32.7. The number of quaternary nitrogens is 1. The minimum Gasteiger partial charge on any atom is -0.550 e. The molecule has 0 aliphatic heterocycles. The topological polar surface area (TPSA) is 115 Å². The summed E-state index contributed by atoms with van der Waals surface area (Å²) in [5.74, 6) is -3.51. The molecule has 8 heteroatoms. The fraction of sp³-hybridized carbons (Fsp3) is 0.727. The number of aliphatic hydroxyl groups is 1. The van der Waals surface area contributed by atoms with Crippen molar-refractivity contribution >= 4 is 30.1 Å². The van der Waals surface area contributed by atoms with Gasteiger partial charge in [-0.15, -0.1) is 12.4 Å². The molecule has 0 saturated heterocycles. The van der Waals surface area contributed by atoms with Gasteiger partial charge in [0.1, 0.15) is 6.54 Å². The summed E-state index contributed by atoms with van der Waals surface area (Å²) in [6.07, 6.45) is -1.68. The Morgan fingerprint density at radius 3 is 1.95 bits per heavy atom. The van der Waals surface area contributed by atoms with Crippen LogP contribution in [0.5, 0.6) is 0 Å². The second kappa shape index (κ2) is 7.42. The third kappa shape index (κ3) is 8.52. The Labute approximate surface area is 117 Å². The normalized spacial score (nSPS) is 14.1. The van der Waals surface area contributed by atoms with Crippen LogP contribution in [0.15, 0.2) is 0 Å². The molecule has 112 valence electrons. The largest absolute Gasteiger partial charge is 0.550 e. The number of aliphatic carboxylic acids is 2. The molecular weight excluding hydrogens is 278 g/mol. The van der Waals surface area contributed by atoms with E-state index in [2.05, 4.69) is 0 Å². The van der Waals surface area contributed by atoms with Crippen LogP contribution in [0.2, 0.25) is 0 Å². The van der Waals surface area contributed by atoms with E-state index < -0.39 is 42.6 Å². The van der Waals surface area contributed by atoms with E-state index in [1.807, 2.05) is 0 Å². The molecule has 7 nitrogen and oxygen atoms in total. The third-order valence-corrected chi connectivity index (χ3v) is 2.26. The lowest BCUT2D eigenvalue weighted by atomic mass is 9.90. The SMILES string of the molecule is C[N+](C)(C)CC(O)(CC(=O)[O-])C(=O)CCC(=O)O.Cl. The monoisotopic (exact) mass is 297 g/mol. The van der Waals surface area contributed by atoms with E-state index in [-0.39, 0.29) is 23.4 Å². The van der Waals surface area contributed by atoms with Crippen molar-refractivity contribution in [2.24, 2.45) is 0 Å². The van der Waals surface area contributed by atoms with Gasteiger partial charge >= 0.3 is 5.97 Å². The Morgan fingerprint density at radius 1 is 1.16 bits per heavy atom. The van der Waals surface area contributed by atoms with Gasteiger partial charge in [-0.05, 0) is 0 Å². The van der Waals surface area contributed by atoms with Crippen molar-refractivity contribution in [3.63, 3.8) is 0 Å². The first-order valence-electron chi connectivity index (χ1n) is 5.44. The van der Waals surface area contributed by atoms with E-state index in [1.54, 1.807) is 21.1 Å². The number of halogens is 1. The number of nitrogens with zero attached hydrogens (tertiary/aromatic N) is 1. The highest BCUT2D eigenvalue weighted by atomic mass is 35.5. The van der Waals surface area contributed by atoms with E-state index in [4.69, 9.17) is 5.11 Å². The van der Waals surface area contributed by atoms with Gasteiger partial charge in [-0.25, -0.2) is 0 Å². The maximum Gasteiger partial charge on any atom is 0.303 e. The standard InChI is InChI=1S/C11H19NO6.ClH/c1-12(2,3)7-11(18,6-10(16)17)8(13)4-5-9(14)15;/h18H,4-7H2,1-3H3,(H-,14,15,16,17);1H. The summed E-state index contributed by atoms with van der Waals surface area (Å²) in [7, 11) is 5.06. The second-order valence-electron chi connectivity index (χ2n) is 5.35. The summed E-state index contributed by atoms with van der Waals surface area (Å²) in [5.41, 5.74) is -2.09. The minimum atomic E-state index is -2.09. The van der Waals surface area contributed by atoms with E-state index in [1.165, 1.54) is 0 Å². The van der Waals surface area contributed by atoms with Crippen molar-refractivity contribution in [1.29, 1.82) is 0 Å². The number of rotatable bonds is 8. The molecule has 0 heterocycles. The van der Waals surface area contributed by atoms with Gasteiger partial charge in [-0.1, -0.05) is 0 Å². The van der Waals surface area contributed by atoms with Gasteiger partial charge in [0.15, 0.2) is 11.4 Å². The summed E-state index contributed by atoms with van der Waals surface area (Å²) >= 11 is 0. The van der Waals surface area contributed by atoms with Crippen LogP contribution >= 0.6 is 12.4 Å². The van der Waals surface area contributed by atoms with Crippen molar-refractivity contribution in [2.45, 2.75) is 24.9 Å². The first-order chi connectivity index (χ1) is 7.96. The number of Topliss-reactive ketones (excluding diaryl/α,β-unsaturated/α-hetero) is 1. The Hall–Kier alpha value is -1.18. The molecule has 0 spiro atoms. The van der Waals surface area contributed by atoms with Gasteiger partial charge in [-0.3, -0.25) is 9.59 Å². The number of carbonyl (C=O) groups is 3. The highest BCUT2D eigenvalue weighted by Crippen LogP contribution is 2.18. The lowest BCUT2D eigenvalue weighted by Gasteiger charge is -2.34. The van der Waals surface area contributed by atoms with Crippen molar-refractivity contribution in [3.8, 4) is 0 Å². The highest BCUT2D eigenvalue weighted by Gasteiger charge is 2.40. The molecule has 0 aromatic heterocycles. The zero-order valence-corrected chi connectivity index (χ0v) is 12.0. The van der Waals surface area contributed by atoms with Crippen LogP contribution in [-0.4, -0.2) is 65.7 Å². The second-order valence-corrected chi connectivity index (χ2v) is 5.35. The van der Waals surface area contributed by atoms with Crippen molar-refractivity contribution < 1.29 is 34.2 Å². The lowest BCUT2D eigenvalue weighted by molar-refractivity contribution is -0.875. The molecule has 0 rings (SSSR count). The fourth-order valence-electron chi connectivity index (χ4n) is 1.72. The number of hydrogen-bond donors (Lipinski definition) is 2. The van der Waals surface area contributed by atoms with Crippen molar-refractivity contribution in [3.05, 3.63) is 0 Å². The molecule has 1 atom stereocenters. The van der Waals surface area contributed by atoms with Gasteiger partial charge in [0, 0.05) is 18.8 Å². The highest BCUT2D eigenvalue weighted by molar-refractivity contribution is 5.92. The summed E-state index contributed by atoms with van der Waals surface area (Å²) in [6.45, 7) is -0.126. The molecular formula is C11H20ClNO6. The van der Waals surface area contributed by atoms with Crippen LogP contribution in [-0.2, 0) is 14.4 Å². The van der Waals surface area contributed by atoms with Gasteiger partial charge < -0.3 is 24.6 Å². The molecule has 0 aliphatic carbocycles. The predicted octanol–water partition coefficient (Wildman–Crippen LogP) is -1.58. The molecule has 0 radical (unpaired) electrons. The maximum absolute atomic E-state index is 11.8. The fourth-order valence-corrected chi connectivity index (χ4v) is 1.72. The Kier molecular flexibility index (Phi) is 7.87. The molecule has 0 fully saturated rings. The molecule has 0 aliphatic rings. The number of carbonyl (C=O) groups excluding carboxylic acids is 2. The molecule has 19 heavy (non-hydrogen) atoms. The summed E-state index contributed by atoms with van der Waals surface area (Å²) in [5, 5.41) is 29.2. The third-order valence-electron chi connectivity index (χ3n) is 2.26. The summed E-state index contributed by atoms with van der Waals surface area (Å²) < 4.78 is 0.169. The van der Waals surface area contributed by atoms with Crippen LogP contribution in [0, 0.1) is 0 Å². The number of hydrogen-bond acceptors (Lipinski definition) is 5. The Bertz CT molecular complexity index is 352. The van der Waals surface area contributed by atoms with E-state index in [0.717, 1.165) is 0 Å². The zero-order valence-electron chi connectivity index (χ0n) is 11.2. The first-order valence-corrected chi connectivity index (χ1v) is 5.44. The molecule has 0 aromatic rings. The van der Waals surface area contributed by atoms with E-state index in [0.29, 0.717) is 0 Å².